The van der Waals surface area contributed by atoms with Crippen LogP contribution in [0.25, 0.3) is 10.9 Å². The molecular weight excluding hydrogens is 465 g/mol. The second-order valence-electron chi connectivity index (χ2n) is 7.92. The largest absolute Gasteiger partial charge is 0.379 e. The van der Waals surface area contributed by atoms with Crippen molar-refractivity contribution in [3.63, 3.8) is 0 Å². The smallest absolute Gasteiger partial charge is 0.269 e. The zero-order valence-electron chi connectivity index (χ0n) is 18.2. The molecule has 178 valence electrons. The van der Waals surface area contributed by atoms with Crippen molar-refractivity contribution in [3.8, 4) is 0 Å². The molecule has 9 nitrogen and oxygen atoms in total. The van der Waals surface area contributed by atoms with Gasteiger partial charge in [-0.05, 0) is 18.6 Å². The number of carbonyl (C=O) groups excluding carboxylic acids is 3. The van der Waals surface area contributed by atoms with E-state index in [0.717, 1.165) is 0 Å². The number of nitrogens with one attached hydrogen (secondary N) is 1. The highest BCUT2D eigenvalue weighted by molar-refractivity contribution is 6.30. The highest BCUT2D eigenvalue weighted by atomic mass is 35.5. The molecule has 0 radical (unpaired) electrons. The van der Waals surface area contributed by atoms with Crippen LogP contribution in [-0.2, 0) is 27.4 Å². The van der Waals surface area contributed by atoms with Gasteiger partial charge in [-0.1, -0.05) is 41.9 Å². The van der Waals surface area contributed by atoms with Gasteiger partial charge in [-0.2, -0.15) is 5.10 Å². The van der Waals surface area contributed by atoms with Crippen molar-refractivity contribution in [2.45, 2.75) is 25.6 Å². The highest BCUT2D eigenvalue weighted by Gasteiger charge is 2.30. The first kappa shape index (κ1) is 23.7. The first-order valence-corrected chi connectivity index (χ1v) is 11.0. The second-order valence-corrected chi connectivity index (χ2v) is 8.32. The fourth-order valence-electron chi connectivity index (χ4n) is 3.93. The molecule has 0 bridgehead atoms. The van der Waals surface area contributed by atoms with Crippen LogP contribution in [0.4, 0.5) is 4.39 Å². The molecule has 0 unspecified atom stereocenters. The molecular formula is C23H23ClFN5O4. The first-order chi connectivity index (χ1) is 16.3. The van der Waals surface area contributed by atoms with E-state index in [1.807, 2.05) is 0 Å². The molecule has 0 spiro atoms. The number of primary amides is 1. The summed E-state index contributed by atoms with van der Waals surface area (Å²) in [6, 6.07) is 11.2. The molecule has 1 fully saturated rings. The summed E-state index contributed by atoms with van der Waals surface area (Å²) in [4.78, 5) is 39.1. The number of halogens is 2. The van der Waals surface area contributed by atoms with Crippen molar-refractivity contribution < 1.29 is 23.5 Å². The number of para-hydroxylation sites is 1. The van der Waals surface area contributed by atoms with Gasteiger partial charge in [0.25, 0.3) is 5.91 Å². The maximum absolute atomic E-state index is 14.1. The minimum absolute atomic E-state index is 0.0339. The Hall–Kier alpha value is -3.50. The Balaban J connectivity index is 1.50. The second kappa shape index (κ2) is 10.2. The van der Waals surface area contributed by atoms with Crippen LogP contribution in [0.2, 0.25) is 5.02 Å². The lowest BCUT2D eigenvalue weighted by Gasteiger charge is -2.27. The summed E-state index contributed by atoms with van der Waals surface area (Å²) in [5.41, 5.74) is 6.32. The van der Waals surface area contributed by atoms with Gasteiger partial charge in [0.15, 0.2) is 5.69 Å². The van der Waals surface area contributed by atoms with E-state index >= 15 is 0 Å². The molecule has 3 aromatic rings. The number of benzene rings is 2. The molecule has 2 aromatic carbocycles. The zero-order valence-corrected chi connectivity index (χ0v) is 18.9. The van der Waals surface area contributed by atoms with Gasteiger partial charge >= 0.3 is 0 Å². The summed E-state index contributed by atoms with van der Waals surface area (Å²) < 4.78 is 20.9. The Morgan fingerprint density at radius 1 is 1.24 bits per heavy atom. The van der Waals surface area contributed by atoms with Crippen molar-refractivity contribution >= 4 is 40.2 Å². The van der Waals surface area contributed by atoms with Gasteiger partial charge in [0.05, 0.1) is 29.7 Å². The number of amides is 3. The normalized spacial score (nSPS) is 15.4. The Labute approximate surface area is 199 Å². The molecule has 4 rings (SSSR count). The number of ether oxygens (including phenoxy) is 1. The number of nitrogens with zero attached hydrogens (tertiary/aromatic N) is 3. The Kier molecular flexibility index (Phi) is 7.09. The quantitative estimate of drug-likeness (QED) is 0.502. The Morgan fingerprint density at radius 2 is 2.03 bits per heavy atom. The van der Waals surface area contributed by atoms with Crippen LogP contribution in [0.3, 0.4) is 0 Å². The summed E-state index contributed by atoms with van der Waals surface area (Å²) in [6.45, 7) is 0.270. The van der Waals surface area contributed by atoms with E-state index in [9.17, 15) is 18.8 Å². The van der Waals surface area contributed by atoms with Crippen molar-refractivity contribution in [1.29, 1.82) is 0 Å². The van der Waals surface area contributed by atoms with Crippen LogP contribution in [-0.4, -0.2) is 58.2 Å². The molecule has 1 aromatic heterocycles. The van der Waals surface area contributed by atoms with Gasteiger partial charge in [0.2, 0.25) is 11.8 Å². The van der Waals surface area contributed by atoms with E-state index in [1.165, 1.54) is 21.7 Å². The molecule has 1 atom stereocenters. The van der Waals surface area contributed by atoms with Gasteiger partial charge in [-0.15, -0.1) is 0 Å². The van der Waals surface area contributed by atoms with Gasteiger partial charge in [0.1, 0.15) is 12.4 Å². The van der Waals surface area contributed by atoms with E-state index in [0.29, 0.717) is 30.5 Å². The monoisotopic (exact) mass is 487 g/mol. The predicted octanol–water partition coefficient (Wildman–Crippen LogP) is 1.86. The van der Waals surface area contributed by atoms with Crippen LogP contribution in [0.1, 0.15) is 22.5 Å². The first-order valence-electron chi connectivity index (χ1n) is 10.7. The molecule has 3 amide bonds. The molecule has 0 saturated carbocycles. The van der Waals surface area contributed by atoms with Crippen LogP contribution in [0.15, 0.2) is 42.5 Å². The van der Waals surface area contributed by atoms with Gasteiger partial charge < -0.3 is 20.7 Å². The lowest BCUT2D eigenvalue weighted by Crippen LogP contribution is -2.48. The maximum atomic E-state index is 14.1. The third-order valence-electron chi connectivity index (χ3n) is 5.66. The molecule has 1 saturated heterocycles. The van der Waals surface area contributed by atoms with E-state index < -0.39 is 17.6 Å². The van der Waals surface area contributed by atoms with Gasteiger partial charge in [-0.3, -0.25) is 19.1 Å². The average Bonchev–Trinajstić information content (AvgIpc) is 3.47. The standard InChI is InChI=1S/C23H23ClFN5O4/c24-17-6-3-4-14(21(17)25)10-27-19(31)11-29(15-8-9-34-13-15)20(32)12-30-18-7-2-1-5-16(18)22(28-30)23(26)33/h1-7,15H,8-13H2,(H2,26,33)(H,27,31)/t15-/m1/s1. The SMILES string of the molecule is NC(=O)c1nn(CC(=O)N(CC(=O)NCc2cccc(Cl)c2F)[C@@H]2CCOC2)c2ccccc12. The van der Waals surface area contributed by atoms with Crippen molar-refractivity contribution in [2.75, 3.05) is 19.8 Å². The number of carbonyl (C=O) groups is 3. The molecule has 11 heteroatoms. The van der Waals surface area contributed by atoms with Crippen LogP contribution >= 0.6 is 11.6 Å². The fourth-order valence-corrected chi connectivity index (χ4v) is 4.12. The number of rotatable bonds is 8. The number of hydrogen-bond donors (Lipinski definition) is 2. The average molecular weight is 488 g/mol. The molecule has 0 aliphatic carbocycles. The summed E-state index contributed by atoms with van der Waals surface area (Å²) in [7, 11) is 0. The van der Waals surface area contributed by atoms with Crippen molar-refractivity contribution in [3.05, 3.63) is 64.6 Å². The number of fused-ring (bicyclic) bond motifs is 1. The third-order valence-corrected chi connectivity index (χ3v) is 5.96. The molecule has 1 aliphatic rings. The van der Waals surface area contributed by atoms with Crippen molar-refractivity contribution in [2.24, 2.45) is 5.73 Å². The summed E-state index contributed by atoms with van der Waals surface area (Å²) in [6.07, 6.45) is 0.578. The number of hydrogen-bond acceptors (Lipinski definition) is 5. The van der Waals surface area contributed by atoms with Crippen molar-refractivity contribution in [1.82, 2.24) is 20.0 Å². The summed E-state index contributed by atoms with van der Waals surface area (Å²) in [5.74, 6) is -2.12. The molecule has 2 heterocycles. The van der Waals surface area contributed by atoms with Crippen LogP contribution < -0.4 is 11.1 Å². The highest BCUT2D eigenvalue weighted by Crippen LogP contribution is 2.20. The molecule has 34 heavy (non-hydrogen) atoms. The van der Waals surface area contributed by atoms with Gasteiger partial charge in [-0.25, -0.2) is 4.39 Å². The maximum Gasteiger partial charge on any atom is 0.269 e. The third kappa shape index (κ3) is 5.02. The predicted molar refractivity (Wildman–Crippen MR) is 122 cm³/mol. The lowest BCUT2D eigenvalue weighted by atomic mass is 10.2. The van der Waals surface area contributed by atoms with Crippen LogP contribution in [0, 0.1) is 5.82 Å². The zero-order chi connectivity index (χ0) is 24.2. The van der Waals surface area contributed by atoms with E-state index in [4.69, 9.17) is 22.1 Å². The molecule has 1 aliphatic heterocycles. The summed E-state index contributed by atoms with van der Waals surface area (Å²) in [5, 5.41) is 7.36. The van der Waals surface area contributed by atoms with E-state index in [1.54, 1.807) is 30.3 Å². The van der Waals surface area contributed by atoms with E-state index in [-0.39, 0.29) is 47.9 Å². The Bertz CT molecular complexity index is 1240. The van der Waals surface area contributed by atoms with E-state index in [2.05, 4.69) is 10.4 Å². The number of aromatic nitrogens is 2. The Morgan fingerprint density at radius 3 is 2.76 bits per heavy atom. The lowest BCUT2D eigenvalue weighted by molar-refractivity contribution is -0.139. The minimum atomic E-state index is -0.698. The topological polar surface area (TPSA) is 120 Å². The summed E-state index contributed by atoms with van der Waals surface area (Å²) >= 11 is 5.79. The fraction of sp³-hybridized carbons (Fsp3) is 0.304. The van der Waals surface area contributed by atoms with Gasteiger partial charge in [0, 0.05) is 24.1 Å². The molecule has 3 N–H and O–H groups in total. The van der Waals surface area contributed by atoms with Crippen LogP contribution in [0.5, 0.6) is 0 Å². The minimum Gasteiger partial charge on any atom is -0.379 e. The number of nitrogens with two attached hydrogens (primary N) is 1.